The second-order valence-electron chi connectivity index (χ2n) is 5.27. The summed E-state index contributed by atoms with van der Waals surface area (Å²) in [6, 6.07) is 5.97. The van der Waals surface area contributed by atoms with Crippen molar-refractivity contribution in [3.63, 3.8) is 0 Å². The fourth-order valence-electron chi connectivity index (χ4n) is 1.97. The largest absolute Gasteiger partial charge is 0.478 e. The molecule has 3 N–H and O–H groups in total. The summed E-state index contributed by atoms with van der Waals surface area (Å²) >= 11 is 0. The van der Waals surface area contributed by atoms with E-state index in [9.17, 15) is 14.7 Å². The first-order chi connectivity index (χ1) is 9.23. The van der Waals surface area contributed by atoms with Crippen LogP contribution in [0.5, 0.6) is 0 Å². The highest BCUT2D eigenvalue weighted by Gasteiger charge is 2.23. The number of carbonyl (C=O) groups is 2. The van der Waals surface area contributed by atoms with Gasteiger partial charge >= 0.3 is 5.97 Å². The number of hydrogen-bond donors (Lipinski definition) is 3. The standard InChI is InChI=1S/C14H20N2O4/c1-14(20,9-16(2)3)8-15-12(17)10-6-4-5-7-11(10)13(18)19/h4-7,20H,8-9H2,1-3H3,(H,15,17)(H,18,19). The third-order valence-corrected chi connectivity index (χ3v) is 2.69. The van der Waals surface area contributed by atoms with Gasteiger partial charge in [-0.2, -0.15) is 0 Å². The average molecular weight is 280 g/mol. The number of hydrogen-bond acceptors (Lipinski definition) is 4. The van der Waals surface area contributed by atoms with Crippen LogP contribution in [0.25, 0.3) is 0 Å². The third kappa shape index (κ3) is 4.64. The monoisotopic (exact) mass is 280 g/mol. The first-order valence-corrected chi connectivity index (χ1v) is 6.20. The molecule has 0 radical (unpaired) electrons. The van der Waals surface area contributed by atoms with Gasteiger partial charge in [0.2, 0.25) is 0 Å². The molecule has 20 heavy (non-hydrogen) atoms. The molecule has 0 aromatic heterocycles. The molecule has 1 rings (SSSR count). The number of nitrogens with one attached hydrogen (secondary N) is 1. The van der Waals surface area contributed by atoms with E-state index in [1.54, 1.807) is 24.0 Å². The van der Waals surface area contributed by atoms with Gasteiger partial charge in [0.25, 0.3) is 5.91 Å². The van der Waals surface area contributed by atoms with Crippen LogP contribution in [-0.2, 0) is 0 Å². The molecule has 0 aliphatic heterocycles. The maximum absolute atomic E-state index is 12.0. The third-order valence-electron chi connectivity index (χ3n) is 2.69. The van der Waals surface area contributed by atoms with Gasteiger partial charge in [0.15, 0.2) is 0 Å². The molecule has 1 unspecified atom stereocenters. The molecule has 0 fully saturated rings. The van der Waals surface area contributed by atoms with Crippen LogP contribution in [0.15, 0.2) is 24.3 Å². The van der Waals surface area contributed by atoms with Gasteiger partial charge in [0.1, 0.15) is 0 Å². The molecular weight excluding hydrogens is 260 g/mol. The number of nitrogens with zero attached hydrogens (tertiary/aromatic N) is 1. The number of likely N-dealkylation sites (N-methyl/N-ethyl adjacent to an activating group) is 1. The molecule has 1 aromatic carbocycles. The topological polar surface area (TPSA) is 89.9 Å². The van der Waals surface area contributed by atoms with Crippen molar-refractivity contribution in [2.24, 2.45) is 0 Å². The van der Waals surface area contributed by atoms with Crippen molar-refractivity contribution in [1.29, 1.82) is 0 Å². The fraction of sp³-hybridized carbons (Fsp3) is 0.429. The van der Waals surface area contributed by atoms with E-state index in [2.05, 4.69) is 5.32 Å². The number of carboxylic acid groups (broad SMARTS) is 1. The summed E-state index contributed by atoms with van der Waals surface area (Å²) < 4.78 is 0. The Balaban J connectivity index is 2.75. The van der Waals surface area contributed by atoms with Crippen molar-refractivity contribution >= 4 is 11.9 Å². The zero-order chi connectivity index (χ0) is 15.3. The summed E-state index contributed by atoms with van der Waals surface area (Å²) in [5, 5.41) is 21.7. The van der Waals surface area contributed by atoms with Crippen molar-refractivity contribution in [2.45, 2.75) is 12.5 Å². The second kappa shape index (κ2) is 6.49. The van der Waals surface area contributed by atoms with Crippen molar-refractivity contribution in [2.75, 3.05) is 27.2 Å². The van der Waals surface area contributed by atoms with E-state index >= 15 is 0 Å². The Labute approximate surface area is 118 Å². The lowest BCUT2D eigenvalue weighted by molar-refractivity contribution is 0.0325. The normalized spacial score (nSPS) is 13.8. The predicted octanol–water partition coefficient (Wildman–Crippen LogP) is 0.427. The lowest BCUT2D eigenvalue weighted by atomic mass is 10.0. The van der Waals surface area contributed by atoms with E-state index in [1.165, 1.54) is 12.1 Å². The minimum absolute atomic E-state index is 0.0396. The minimum atomic E-state index is -1.16. The molecule has 110 valence electrons. The van der Waals surface area contributed by atoms with Gasteiger partial charge < -0.3 is 20.4 Å². The highest BCUT2D eigenvalue weighted by Crippen LogP contribution is 2.09. The van der Waals surface area contributed by atoms with Crippen LogP contribution >= 0.6 is 0 Å². The SMILES string of the molecule is CN(C)CC(C)(O)CNC(=O)c1ccccc1C(=O)O. The second-order valence-corrected chi connectivity index (χ2v) is 5.27. The van der Waals surface area contributed by atoms with Crippen molar-refractivity contribution in [3.05, 3.63) is 35.4 Å². The number of benzene rings is 1. The smallest absolute Gasteiger partial charge is 0.336 e. The van der Waals surface area contributed by atoms with E-state index in [0.717, 1.165) is 0 Å². The van der Waals surface area contributed by atoms with Crippen LogP contribution in [0.1, 0.15) is 27.6 Å². The van der Waals surface area contributed by atoms with E-state index < -0.39 is 17.5 Å². The maximum Gasteiger partial charge on any atom is 0.336 e. The predicted molar refractivity (Wildman–Crippen MR) is 74.9 cm³/mol. The van der Waals surface area contributed by atoms with Gasteiger partial charge in [-0.15, -0.1) is 0 Å². The molecule has 0 saturated heterocycles. The van der Waals surface area contributed by atoms with E-state index in [1.807, 2.05) is 14.1 Å². The van der Waals surface area contributed by atoms with Crippen LogP contribution in [0.4, 0.5) is 0 Å². The number of rotatable bonds is 6. The number of amides is 1. The van der Waals surface area contributed by atoms with E-state index in [4.69, 9.17) is 5.11 Å². The molecule has 1 atom stereocenters. The lowest BCUT2D eigenvalue weighted by Crippen LogP contribution is -2.47. The molecule has 0 saturated carbocycles. The first kappa shape index (κ1) is 16.1. The molecule has 1 amide bonds. The number of carboxylic acids is 1. The van der Waals surface area contributed by atoms with Gasteiger partial charge in [-0.3, -0.25) is 4.79 Å². The van der Waals surface area contributed by atoms with Crippen LogP contribution in [0.2, 0.25) is 0 Å². The van der Waals surface area contributed by atoms with E-state index in [0.29, 0.717) is 6.54 Å². The molecule has 6 nitrogen and oxygen atoms in total. The Morgan fingerprint density at radius 2 is 1.80 bits per heavy atom. The van der Waals surface area contributed by atoms with Gasteiger partial charge in [-0.05, 0) is 33.2 Å². The lowest BCUT2D eigenvalue weighted by Gasteiger charge is -2.27. The van der Waals surface area contributed by atoms with Crippen LogP contribution in [0, 0.1) is 0 Å². The molecule has 0 aliphatic rings. The quantitative estimate of drug-likeness (QED) is 0.703. The number of carbonyl (C=O) groups excluding carboxylic acids is 1. The summed E-state index contributed by atoms with van der Waals surface area (Å²) in [5.41, 5.74) is -1.06. The molecule has 6 heteroatoms. The van der Waals surface area contributed by atoms with Gasteiger partial charge in [0.05, 0.1) is 16.7 Å². The van der Waals surface area contributed by atoms with Crippen LogP contribution in [-0.4, -0.2) is 59.8 Å². The Hall–Kier alpha value is -1.92. The summed E-state index contributed by atoms with van der Waals surface area (Å²) in [6.07, 6.45) is 0. The minimum Gasteiger partial charge on any atom is -0.478 e. The number of aromatic carboxylic acids is 1. The molecule has 0 spiro atoms. The van der Waals surface area contributed by atoms with Crippen molar-refractivity contribution < 1.29 is 19.8 Å². The number of aliphatic hydroxyl groups is 1. The summed E-state index contributed by atoms with van der Waals surface area (Å²) in [5.74, 6) is -1.67. The molecule has 0 aliphatic carbocycles. The van der Waals surface area contributed by atoms with Gasteiger partial charge in [0, 0.05) is 13.1 Å². The van der Waals surface area contributed by atoms with Gasteiger partial charge in [-0.1, -0.05) is 12.1 Å². The first-order valence-electron chi connectivity index (χ1n) is 6.20. The summed E-state index contributed by atoms with van der Waals surface area (Å²) in [6.45, 7) is 2.03. The summed E-state index contributed by atoms with van der Waals surface area (Å²) in [7, 11) is 3.63. The van der Waals surface area contributed by atoms with Crippen molar-refractivity contribution in [3.8, 4) is 0 Å². The van der Waals surface area contributed by atoms with E-state index in [-0.39, 0.29) is 17.7 Å². The molecular formula is C14H20N2O4. The zero-order valence-electron chi connectivity index (χ0n) is 11.9. The maximum atomic E-state index is 12.0. The Morgan fingerprint density at radius 1 is 1.25 bits per heavy atom. The van der Waals surface area contributed by atoms with Crippen molar-refractivity contribution in [1.82, 2.24) is 10.2 Å². The average Bonchev–Trinajstić information content (AvgIpc) is 2.34. The Bertz CT molecular complexity index is 498. The Morgan fingerprint density at radius 3 is 2.30 bits per heavy atom. The Kier molecular flexibility index (Phi) is 5.24. The highest BCUT2D eigenvalue weighted by molar-refractivity contribution is 6.04. The highest BCUT2D eigenvalue weighted by atomic mass is 16.4. The van der Waals surface area contributed by atoms with Crippen LogP contribution in [0.3, 0.4) is 0 Å². The van der Waals surface area contributed by atoms with Crippen LogP contribution < -0.4 is 5.32 Å². The molecule has 0 bridgehead atoms. The van der Waals surface area contributed by atoms with Gasteiger partial charge in [-0.25, -0.2) is 4.79 Å². The zero-order valence-corrected chi connectivity index (χ0v) is 11.9. The molecule has 0 heterocycles. The fourth-order valence-corrected chi connectivity index (χ4v) is 1.97. The molecule has 1 aromatic rings. The summed E-state index contributed by atoms with van der Waals surface area (Å²) in [4.78, 5) is 24.8.